The second-order valence-electron chi connectivity index (χ2n) is 3.79. The fourth-order valence-corrected chi connectivity index (χ4v) is 1.60. The molecule has 0 fully saturated rings. The Bertz CT molecular complexity index is 312. The van der Waals surface area contributed by atoms with E-state index < -0.39 is 11.9 Å². The van der Waals surface area contributed by atoms with E-state index in [2.05, 4.69) is 0 Å². The minimum atomic E-state index is -0.682. The molecule has 1 aromatic rings. The Kier molecular flexibility index (Phi) is 3.90. The first-order valence-corrected chi connectivity index (χ1v) is 5.02. The van der Waals surface area contributed by atoms with Crippen molar-refractivity contribution in [3.8, 4) is 0 Å². The smallest absolute Gasteiger partial charge is 0.142 e. The first-order chi connectivity index (χ1) is 6.52. The highest BCUT2D eigenvalue weighted by molar-refractivity contribution is 6.31. The molecule has 0 heterocycles. The van der Waals surface area contributed by atoms with Gasteiger partial charge in [-0.05, 0) is 18.4 Å². The summed E-state index contributed by atoms with van der Waals surface area (Å²) in [4.78, 5) is 0. The predicted octanol–water partition coefficient (Wildman–Crippen LogP) is 3.56. The Balaban J connectivity index is 2.89. The Morgan fingerprint density at radius 3 is 2.64 bits per heavy atom. The number of hydrogen-bond acceptors (Lipinski definition) is 1. The molecule has 0 bridgehead atoms. The van der Waals surface area contributed by atoms with E-state index >= 15 is 0 Å². The van der Waals surface area contributed by atoms with Gasteiger partial charge in [0.25, 0.3) is 0 Å². The van der Waals surface area contributed by atoms with E-state index in [1.807, 2.05) is 13.8 Å². The summed E-state index contributed by atoms with van der Waals surface area (Å²) in [5.41, 5.74) is 0.473. The van der Waals surface area contributed by atoms with Crippen LogP contribution >= 0.6 is 11.6 Å². The van der Waals surface area contributed by atoms with Crippen molar-refractivity contribution in [2.75, 3.05) is 0 Å². The van der Waals surface area contributed by atoms with Crippen molar-refractivity contribution in [2.24, 2.45) is 5.92 Å². The lowest BCUT2D eigenvalue weighted by atomic mass is 9.99. The highest BCUT2D eigenvalue weighted by Crippen LogP contribution is 2.29. The van der Waals surface area contributed by atoms with E-state index in [9.17, 15) is 9.50 Å². The molecule has 78 valence electrons. The summed E-state index contributed by atoms with van der Waals surface area (Å²) < 4.78 is 13.0. The number of rotatable bonds is 3. The van der Waals surface area contributed by atoms with Crippen molar-refractivity contribution in [1.29, 1.82) is 0 Å². The Morgan fingerprint density at radius 1 is 1.43 bits per heavy atom. The average Bonchev–Trinajstić information content (AvgIpc) is 2.08. The Labute approximate surface area is 88.5 Å². The molecule has 0 aliphatic heterocycles. The molecular weight excluding hydrogens is 203 g/mol. The minimum Gasteiger partial charge on any atom is -0.388 e. The van der Waals surface area contributed by atoms with Gasteiger partial charge in [0.15, 0.2) is 0 Å². The molecule has 0 aliphatic rings. The molecule has 0 spiro atoms. The molecule has 0 saturated carbocycles. The van der Waals surface area contributed by atoms with Gasteiger partial charge in [-0.15, -0.1) is 0 Å². The third-order valence-corrected chi connectivity index (χ3v) is 2.43. The van der Waals surface area contributed by atoms with Gasteiger partial charge < -0.3 is 5.11 Å². The van der Waals surface area contributed by atoms with Crippen molar-refractivity contribution in [2.45, 2.75) is 26.4 Å². The summed E-state index contributed by atoms with van der Waals surface area (Å²) in [5.74, 6) is -0.128. The summed E-state index contributed by atoms with van der Waals surface area (Å²) in [6, 6.07) is 4.49. The number of hydrogen-bond donors (Lipinski definition) is 1. The summed E-state index contributed by atoms with van der Waals surface area (Å²) in [6.07, 6.45) is -0.0957. The van der Waals surface area contributed by atoms with Crippen molar-refractivity contribution in [3.63, 3.8) is 0 Å². The number of benzene rings is 1. The van der Waals surface area contributed by atoms with Gasteiger partial charge in [0.2, 0.25) is 0 Å². The van der Waals surface area contributed by atoms with Crippen LogP contribution in [0.1, 0.15) is 31.9 Å². The molecule has 0 aromatic heterocycles. The van der Waals surface area contributed by atoms with Gasteiger partial charge in [0.1, 0.15) is 5.82 Å². The van der Waals surface area contributed by atoms with Crippen LogP contribution in [0, 0.1) is 11.7 Å². The lowest BCUT2D eigenvalue weighted by molar-refractivity contribution is 0.151. The third-order valence-electron chi connectivity index (χ3n) is 2.04. The van der Waals surface area contributed by atoms with Gasteiger partial charge in [0, 0.05) is 5.56 Å². The van der Waals surface area contributed by atoms with Crippen molar-refractivity contribution in [1.82, 2.24) is 0 Å². The van der Waals surface area contributed by atoms with Gasteiger partial charge in [0.05, 0.1) is 11.1 Å². The summed E-state index contributed by atoms with van der Waals surface area (Å²) in [6.45, 7) is 3.99. The molecule has 3 heteroatoms. The summed E-state index contributed by atoms with van der Waals surface area (Å²) in [5, 5.41) is 9.77. The van der Waals surface area contributed by atoms with Crippen LogP contribution in [0.25, 0.3) is 0 Å². The first kappa shape index (κ1) is 11.5. The number of aliphatic hydroxyl groups is 1. The predicted molar refractivity (Wildman–Crippen MR) is 55.8 cm³/mol. The molecular formula is C11H14ClFO. The molecule has 0 aliphatic carbocycles. The molecule has 1 N–H and O–H groups in total. The number of aliphatic hydroxyl groups excluding tert-OH is 1. The van der Waals surface area contributed by atoms with Gasteiger partial charge in [-0.3, -0.25) is 0 Å². The normalized spacial score (nSPS) is 13.3. The van der Waals surface area contributed by atoms with Crippen LogP contribution in [0.2, 0.25) is 5.02 Å². The highest BCUT2D eigenvalue weighted by atomic mass is 35.5. The molecule has 14 heavy (non-hydrogen) atoms. The monoisotopic (exact) mass is 216 g/mol. The van der Waals surface area contributed by atoms with Gasteiger partial charge >= 0.3 is 0 Å². The summed E-state index contributed by atoms with van der Waals surface area (Å²) in [7, 11) is 0. The molecule has 1 nitrogen and oxygen atoms in total. The van der Waals surface area contributed by atoms with E-state index in [4.69, 9.17) is 11.6 Å². The molecule has 0 radical (unpaired) electrons. The maximum atomic E-state index is 13.0. The van der Waals surface area contributed by atoms with E-state index in [1.54, 1.807) is 12.1 Å². The molecule has 0 saturated heterocycles. The van der Waals surface area contributed by atoms with Crippen LogP contribution in [-0.4, -0.2) is 5.11 Å². The lowest BCUT2D eigenvalue weighted by Gasteiger charge is -2.14. The zero-order chi connectivity index (χ0) is 10.7. The molecule has 1 atom stereocenters. The second kappa shape index (κ2) is 4.76. The third kappa shape index (κ3) is 2.69. The van der Waals surface area contributed by atoms with Crippen LogP contribution in [-0.2, 0) is 0 Å². The van der Waals surface area contributed by atoms with Crippen LogP contribution in [0.3, 0.4) is 0 Å². The van der Waals surface area contributed by atoms with Crippen LogP contribution in [0.4, 0.5) is 4.39 Å². The Hall–Kier alpha value is -0.600. The minimum absolute atomic E-state index is 0.0284. The van der Waals surface area contributed by atoms with E-state index in [0.717, 1.165) is 0 Å². The maximum absolute atomic E-state index is 13.0. The second-order valence-corrected chi connectivity index (χ2v) is 4.17. The molecule has 0 amide bonds. The molecule has 1 unspecified atom stereocenters. The summed E-state index contributed by atoms with van der Waals surface area (Å²) >= 11 is 5.74. The van der Waals surface area contributed by atoms with Crippen LogP contribution in [0.5, 0.6) is 0 Å². The average molecular weight is 217 g/mol. The van der Waals surface area contributed by atoms with Crippen LogP contribution < -0.4 is 0 Å². The van der Waals surface area contributed by atoms with Crippen molar-refractivity contribution >= 4 is 11.6 Å². The topological polar surface area (TPSA) is 20.2 Å². The quantitative estimate of drug-likeness (QED) is 0.819. The lowest BCUT2D eigenvalue weighted by Crippen LogP contribution is -2.03. The zero-order valence-electron chi connectivity index (χ0n) is 8.30. The molecule has 1 aromatic carbocycles. The van der Waals surface area contributed by atoms with E-state index in [0.29, 0.717) is 17.9 Å². The SMILES string of the molecule is CC(C)CC(O)c1cccc(F)c1Cl. The highest BCUT2D eigenvalue weighted by Gasteiger charge is 2.15. The zero-order valence-corrected chi connectivity index (χ0v) is 9.05. The Morgan fingerprint density at radius 2 is 2.07 bits per heavy atom. The molecule has 1 rings (SSSR count). The largest absolute Gasteiger partial charge is 0.388 e. The van der Waals surface area contributed by atoms with Gasteiger partial charge in [-0.25, -0.2) is 4.39 Å². The van der Waals surface area contributed by atoms with Crippen molar-refractivity contribution < 1.29 is 9.50 Å². The number of halogens is 2. The van der Waals surface area contributed by atoms with Crippen LogP contribution in [0.15, 0.2) is 18.2 Å². The standard InChI is InChI=1S/C11H14ClFO/c1-7(2)6-10(14)8-4-3-5-9(13)11(8)12/h3-5,7,10,14H,6H2,1-2H3. The maximum Gasteiger partial charge on any atom is 0.142 e. The first-order valence-electron chi connectivity index (χ1n) is 4.64. The van der Waals surface area contributed by atoms with Gasteiger partial charge in [-0.1, -0.05) is 37.6 Å². The van der Waals surface area contributed by atoms with Gasteiger partial charge in [-0.2, -0.15) is 0 Å². The van der Waals surface area contributed by atoms with E-state index in [-0.39, 0.29) is 5.02 Å². The fraction of sp³-hybridized carbons (Fsp3) is 0.455. The van der Waals surface area contributed by atoms with E-state index in [1.165, 1.54) is 6.07 Å². The fourth-order valence-electron chi connectivity index (χ4n) is 1.35. The van der Waals surface area contributed by atoms with Crippen molar-refractivity contribution in [3.05, 3.63) is 34.6 Å².